The number of pyridine rings is 2. The summed E-state index contributed by atoms with van der Waals surface area (Å²) in [5.41, 5.74) is 2.93. The van der Waals surface area contributed by atoms with Crippen LogP contribution in [0.4, 0.5) is 11.6 Å². The van der Waals surface area contributed by atoms with Gasteiger partial charge in [-0.3, -0.25) is 9.59 Å². The smallest absolute Gasteiger partial charge is 0.303 e. The lowest BCUT2D eigenvalue weighted by molar-refractivity contribution is -0.141. The minimum absolute atomic E-state index is 0.0251. The summed E-state index contributed by atoms with van der Waals surface area (Å²) >= 11 is 1.57. The van der Waals surface area contributed by atoms with Crippen molar-refractivity contribution in [1.29, 1.82) is 0 Å². The number of rotatable bonds is 10. The average molecular weight is 487 g/mol. The first-order valence-corrected chi connectivity index (χ1v) is 12.1. The number of nitrogens with zero attached hydrogens (tertiary/aromatic N) is 3. The van der Waals surface area contributed by atoms with Gasteiger partial charge < -0.3 is 15.3 Å². The highest BCUT2D eigenvalue weighted by molar-refractivity contribution is 7.15. The van der Waals surface area contributed by atoms with E-state index >= 15 is 0 Å². The molecule has 0 atom stereocenters. The third-order valence-electron chi connectivity index (χ3n) is 5.30. The first-order chi connectivity index (χ1) is 17.0. The number of carboxylic acid groups (broad SMARTS) is 1. The second kappa shape index (κ2) is 11.4. The number of aromatic nitrogens is 2. The Balaban J connectivity index is 1.49. The molecule has 0 aliphatic heterocycles. The van der Waals surface area contributed by atoms with Crippen LogP contribution in [-0.2, 0) is 22.7 Å². The van der Waals surface area contributed by atoms with E-state index in [0.29, 0.717) is 18.9 Å². The van der Waals surface area contributed by atoms with Crippen LogP contribution in [0.3, 0.4) is 0 Å². The molecule has 0 aliphatic rings. The van der Waals surface area contributed by atoms with Crippen molar-refractivity contribution in [2.75, 3.05) is 5.32 Å². The third-order valence-corrected chi connectivity index (χ3v) is 6.40. The highest BCUT2D eigenvalue weighted by Gasteiger charge is 2.17. The van der Waals surface area contributed by atoms with E-state index in [1.54, 1.807) is 22.4 Å². The lowest BCUT2D eigenvalue weighted by Crippen LogP contribution is -2.30. The lowest BCUT2D eigenvalue weighted by atomic mass is 10.2. The fourth-order valence-corrected chi connectivity index (χ4v) is 4.57. The Labute approximate surface area is 208 Å². The number of carbonyl (C=O) groups is 2. The largest absolute Gasteiger partial charge is 0.481 e. The minimum Gasteiger partial charge on any atom is -0.481 e. The predicted octanol–water partition coefficient (Wildman–Crippen LogP) is 5.65. The standard InChI is InChI=1S/C27H26N4O3S/c1-19-14-15-28-25(16-19)30-24-9-5-8-22(29-24)23-11-10-21(35-23)18-31(26(32)12-13-27(33)34)17-20-6-3-2-4-7-20/h2-11,14-16H,12-13,17-18H2,1H3,(H,33,34)(H,28,29,30). The van der Waals surface area contributed by atoms with Crippen molar-refractivity contribution >= 4 is 34.8 Å². The summed E-state index contributed by atoms with van der Waals surface area (Å²) in [7, 11) is 0. The number of aryl methyl sites for hydroxylation is 1. The monoisotopic (exact) mass is 486 g/mol. The summed E-state index contributed by atoms with van der Waals surface area (Å²) in [5.74, 6) is 0.279. The van der Waals surface area contributed by atoms with Crippen LogP contribution in [0.1, 0.15) is 28.8 Å². The highest BCUT2D eigenvalue weighted by atomic mass is 32.1. The summed E-state index contributed by atoms with van der Waals surface area (Å²) in [6.45, 7) is 2.84. The average Bonchev–Trinajstić information content (AvgIpc) is 3.32. The van der Waals surface area contributed by atoms with Gasteiger partial charge in [0, 0.05) is 24.0 Å². The Morgan fingerprint density at radius 3 is 2.54 bits per heavy atom. The van der Waals surface area contributed by atoms with Gasteiger partial charge in [0.15, 0.2) is 0 Å². The summed E-state index contributed by atoms with van der Waals surface area (Å²) in [4.78, 5) is 36.5. The molecule has 178 valence electrons. The van der Waals surface area contributed by atoms with Gasteiger partial charge in [0.2, 0.25) is 5.91 Å². The molecule has 4 rings (SSSR count). The Kier molecular flexibility index (Phi) is 7.84. The molecule has 0 radical (unpaired) electrons. The molecule has 3 heterocycles. The van der Waals surface area contributed by atoms with E-state index in [1.807, 2.05) is 79.7 Å². The van der Waals surface area contributed by atoms with Crippen LogP contribution in [0.5, 0.6) is 0 Å². The zero-order valence-electron chi connectivity index (χ0n) is 19.3. The second-order valence-electron chi connectivity index (χ2n) is 8.15. The number of nitrogens with one attached hydrogen (secondary N) is 1. The van der Waals surface area contributed by atoms with Gasteiger partial charge in [-0.2, -0.15) is 0 Å². The van der Waals surface area contributed by atoms with Gasteiger partial charge in [0.1, 0.15) is 11.6 Å². The van der Waals surface area contributed by atoms with E-state index in [4.69, 9.17) is 10.1 Å². The molecule has 4 aromatic rings. The van der Waals surface area contributed by atoms with Crippen LogP contribution >= 0.6 is 11.3 Å². The van der Waals surface area contributed by atoms with Crippen LogP contribution in [0, 0.1) is 6.92 Å². The molecular weight excluding hydrogens is 460 g/mol. The van der Waals surface area contributed by atoms with Gasteiger partial charge in [-0.15, -0.1) is 11.3 Å². The number of anilines is 2. The quantitative estimate of drug-likeness (QED) is 0.301. The number of aliphatic carboxylic acids is 1. The summed E-state index contributed by atoms with van der Waals surface area (Å²) in [6.07, 6.45) is 1.55. The van der Waals surface area contributed by atoms with Crippen molar-refractivity contribution in [1.82, 2.24) is 14.9 Å². The Bertz CT molecular complexity index is 1310. The number of carboxylic acids is 1. The van der Waals surface area contributed by atoms with Crippen LogP contribution in [0.25, 0.3) is 10.6 Å². The molecule has 0 saturated heterocycles. The maximum absolute atomic E-state index is 12.8. The van der Waals surface area contributed by atoms with Crippen molar-refractivity contribution in [3.63, 3.8) is 0 Å². The molecular formula is C27H26N4O3S. The van der Waals surface area contributed by atoms with Gasteiger partial charge in [-0.05, 0) is 54.4 Å². The number of amides is 1. The van der Waals surface area contributed by atoms with Crippen molar-refractivity contribution in [2.45, 2.75) is 32.9 Å². The molecule has 1 aromatic carbocycles. The molecule has 0 fully saturated rings. The Hall–Kier alpha value is -4.04. The zero-order chi connectivity index (χ0) is 24.6. The summed E-state index contributed by atoms with van der Waals surface area (Å²) in [6, 6.07) is 23.4. The Morgan fingerprint density at radius 2 is 1.77 bits per heavy atom. The first kappa shape index (κ1) is 24.1. The van der Waals surface area contributed by atoms with E-state index < -0.39 is 5.97 Å². The topological polar surface area (TPSA) is 95.4 Å². The van der Waals surface area contributed by atoms with Gasteiger partial charge in [-0.1, -0.05) is 36.4 Å². The highest BCUT2D eigenvalue weighted by Crippen LogP contribution is 2.29. The zero-order valence-corrected chi connectivity index (χ0v) is 20.2. The Morgan fingerprint density at radius 1 is 0.943 bits per heavy atom. The SMILES string of the molecule is Cc1ccnc(Nc2cccc(-c3ccc(CN(Cc4ccccc4)C(=O)CCC(=O)O)s3)n2)c1. The van der Waals surface area contributed by atoms with Crippen LogP contribution in [0.2, 0.25) is 0 Å². The number of benzene rings is 1. The molecule has 0 aliphatic carbocycles. The van der Waals surface area contributed by atoms with E-state index in [2.05, 4.69) is 10.3 Å². The minimum atomic E-state index is -0.975. The molecule has 0 spiro atoms. The van der Waals surface area contributed by atoms with Crippen LogP contribution in [0.15, 0.2) is 79.0 Å². The summed E-state index contributed by atoms with van der Waals surface area (Å²) < 4.78 is 0. The maximum Gasteiger partial charge on any atom is 0.303 e. The molecule has 7 nitrogen and oxygen atoms in total. The number of hydrogen-bond donors (Lipinski definition) is 2. The predicted molar refractivity (Wildman–Crippen MR) is 137 cm³/mol. The maximum atomic E-state index is 12.8. The molecule has 0 bridgehead atoms. The van der Waals surface area contributed by atoms with Crippen molar-refractivity contribution in [3.8, 4) is 10.6 Å². The summed E-state index contributed by atoms with van der Waals surface area (Å²) in [5, 5.41) is 12.2. The van der Waals surface area contributed by atoms with E-state index in [0.717, 1.165) is 32.4 Å². The first-order valence-electron chi connectivity index (χ1n) is 11.3. The fraction of sp³-hybridized carbons (Fsp3) is 0.185. The molecule has 0 saturated carbocycles. The molecule has 8 heteroatoms. The number of thiophene rings is 1. The van der Waals surface area contributed by atoms with E-state index in [1.165, 1.54) is 0 Å². The third kappa shape index (κ3) is 6.97. The lowest BCUT2D eigenvalue weighted by Gasteiger charge is -2.22. The molecule has 1 amide bonds. The van der Waals surface area contributed by atoms with Gasteiger partial charge in [-0.25, -0.2) is 9.97 Å². The van der Waals surface area contributed by atoms with Crippen LogP contribution in [-0.4, -0.2) is 31.9 Å². The molecule has 0 unspecified atom stereocenters. The molecule has 3 aromatic heterocycles. The van der Waals surface area contributed by atoms with Gasteiger partial charge >= 0.3 is 5.97 Å². The fourth-order valence-electron chi connectivity index (χ4n) is 3.57. The molecule has 2 N–H and O–H groups in total. The molecule has 35 heavy (non-hydrogen) atoms. The second-order valence-corrected chi connectivity index (χ2v) is 9.31. The van der Waals surface area contributed by atoms with Gasteiger partial charge in [0.05, 0.1) is 23.5 Å². The van der Waals surface area contributed by atoms with Crippen molar-refractivity contribution in [3.05, 3.63) is 95.0 Å². The normalized spacial score (nSPS) is 10.7. The van der Waals surface area contributed by atoms with Crippen molar-refractivity contribution in [2.24, 2.45) is 0 Å². The van der Waals surface area contributed by atoms with Crippen molar-refractivity contribution < 1.29 is 14.7 Å². The van der Waals surface area contributed by atoms with Crippen LogP contribution < -0.4 is 5.32 Å². The van der Waals surface area contributed by atoms with Gasteiger partial charge in [0.25, 0.3) is 0 Å². The number of carbonyl (C=O) groups excluding carboxylic acids is 1. The number of hydrogen-bond acceptors (Lipinski definition) is 6. The van der Waals surface area contributed by atoms with E-state index in [9.17, 15) is 9.59 Å². The van der Waals surface area contributed by atoms with E-state index in [-0.39, 0.29) is 18.7 Å².